The van der Waals surface area contributed by atoms with Crippen LogP contribution in [0.1, 0.15) is 123 Å². The highest BCUT2D eigenvalue weighted by atomic mass is 31.1. The van der Waals surface area contributed by atoms with Crippen LogP contribution in [0.15, 0.2) is 47.7 Å². The molecule has 1 aliphatic carbocycles. The Balaban J connectivity index is 0.000000374. The van der Waals surface area contributed by atoms with Crippen molar-refractivity contribution in [3.05, 3.63) is 58.8 Å². The minimum Gasteiger partial charge on any atom is -0.393 e. The van der Waals surface area contributed by atoms with E-state index in [0.29, 0.717) is 0 Å². The van der Waals surface area contributed by atoms with Gasteiger partial charge in [0.2, 0.25) is 0 Å². The summed E-state index contributed by atoms with van der Waals surface area (Å²) in [4.78, 5) is 0. The molecular weight excluding hydrogens is 493 g/mol. The predicted molar refractivity (Wildman–Crippen MR) is 176 cm³/mol. The summed E-state index contributed by atoms with van der Waals surface area (Å²) >= 11 is 0. The third-order valence-corrected chi connectivity index (χ3v) is 11.4. The fourth-order valence-corrected chi connectivity index (χ4v) is 8.66. The topological polar surface area (TPSA) is 32.3 Å². The van der Waals surface area contributed by atoms with Crippen LogP contribution in [0.5, 0.6) is 0 Å². The monoisotopic (exact) mass is 555 g/mol. The summed E-state index contributed by atoms with van der Waals surface area (Å²) in [6.07, 6.45) is 25.2. The van der Waals surface area contributed by atoms with E-state index in [1.807, 2.05) is 6.92 Å². The van der Waals surface area contributed by atoms with Crippen molar-refractivity contribution in [2.24, 2.45) is 17.8 Å². The minimum atomic E-state index is -0.116. The predicted octanol–water partition coefficient (Wildman–Crippen LogP) is 10.2. The van der Waals surface area contributed by atoms with Crippen LogP contribution in [0.3, 0.4) is 0 Å². The summed E-state index contributed by atoms with van der Waals surface area (Å²) in [6.45, 7) is 14.3. The van der Waals surface area contributed by atoms with Crippen molar-refractivity contribution in [2.75, 3.05) is 18.9 Å². The van der Waals surface area contributed by atoms with Gasteiger partial charge in [0.15, 0.2) is 0 Å². The van der Waals surface area contributed by atoms with Gasteiger partial charge >= 0.3 is 0 Å². The summed E-state index contributed by atoms with van der Waals surface area (Å²) in [7, 11) is 0.228. The van der Waals surface area contributed by atoms with Gasteiger partial charge in [-0.1, -0.05) is 110 Å². The molecule has 2 aliphatic heterocycles. The van der Waals surface area contributed by atoms with Crippen LogP contribution in [0, 0.1) is 17.8 Å². The first-order valence-corrected chi connectivity index (χ1v) is 18.4. The first-order chi connectivity index (χ1) is 18.9. The molecule has 1 aromatic carbocycles. The van der Waals surface area contributed by atoms with E-state index in [2.05, 4.69) is 69.4 Å². The lowest BCUT2D eigenvalue weighted by atomic mass is 9.78. The van der Waals surface area contributed by atoms with Gasteiger partial charge in [0.1, 0.15) is 0 Å². The minimum absolute atomic E-state index is 0.116. The van der Waals surface area contributed by atoms with Crippen molar-refractivity contribution < 1.29 is 5.11 Å². The van der Waals surface area contributed by atoms with Crippen molar-refractivity contribution in [1.29, 1.82) is 0 Å². The molecule has 0 amide bonds. The van der Waals surface area contributed by atoms with Gasteiger partial charge in [-0.2, -0.15) is 0 Å². The Bertz CT molecular complexity index is 840. The first-order valence-electron chi connectivity index (χ1n) is 16.5. The number of fused-ring (bicyclic) bond motifs is 2. The Hall–Kier alpha value is -1.11. The molecule has 5 atom stereocenters. The number of aryl methyl sites for hydroxylation is 1. The van der Waals surface area contributed by atoms with Gasteiger partial charge in [-0.05, 0) is 98.4 Å². The second-order valence-corrected chi connectivity index (χ2v) is 14.8. The molecule has 0 radical (unpaired) electrons. The van der Waals surface area contributed by atoms with Crippen molar-refractivity contribution in [3.63, 3.8) is 0 Å². The lowest BCUT2D eigenvalue weighted by Gasteiger charge is -2.30. The Morgan fingerprint density at radius 1 is 0.949 bits per heavy atom. The molecule has 1 aromatic rings. The van der Waals surface area contributed by atoms with Crippen LogP contribution in [-0.2, 0) is 12.6 Å². The number of benzene rings is 1. The van der Waals surface area contributed by atoms with Crippen molar-refractivity contribution in [3.8, 4) is 0 Å². The summed E-state index contributed by atoms with van der Waals surface area (Å²) < 4.78 is 0. The van der Waals surface area contributed by atoms with Gasteiger partial charge in [-0.25, -0.2) is 0 Å². The Morgan fingerprint density at radius 3 is 2.28 bits per heavy atom. The fourth-order valence-electron chi connectivity index (χ4n) is 5.97. The zero-order chi connectivity index (χ0) is 28.5. The van der Waals surface area contributed by atoms with Crippen LogP contribution in [0.4, 0.5) is 0 Å². The van der Waals surface area contributed by atoms with Gasteiger partial charge in [-0.15, -0.1) is 7.92 Å². The molecule has 2 N–H and O–H groups in total. The van der Waals surface area contributed by atoms with Crippen LogP contribution in [-0.4, -0.2) is 30.1 Å². The molecule has 3 aliphatic rings. The van der Waals surface area contributed by atoms with E-state index in [1.165, 1.54) is 94.8 Å². The second kappa shape index (κ2) is 19.9. The maximum Gasteiger partial charge on any atom is 0.0509 e. The number of aliphatic hydroxyl groups is 1. The van der Waals surface area contributed by atoms with Crippen molar-refractivity contribution >= 4 is 7.92 Å². The summed E-state index contributed by atoms with van der Waals surface area (Å²) in [5.41, 5.74) is 6.31. The van der Waals surface area contributed by atoms with E-state index in [0.717, 1.165) is 30.7 Å². The maximum absolute atomic E-state index is 8.36. The zero-order valence-electron chi connectivity index (χ0n) is 26.5. The molecule has 0 spiro atoms. The highest BCUT2D eigenvalue weighted by Crippen LogP contribution is 2.46. The number of hydrogen-bond acceptors (Lipinski definition) is 2. The summed E-state index contributed by atoms with van der Waals surface area (Å²) in [5.74, 6) is 2.52. The Morgan fingerprint density at radius 2 is 1.64 bits per heavy atom. The molecule has 5 unspecified atom stereocenters. The Kier molecular flexibility index (Phi) is 17.4. The normalized spacial score (nSPS) is 21.8. The van der Waals surface area contributed by atoms with E-state index < -0.39 is 0 Å². The molecule has 2 nitrogen and oxygen atoms in total. The lowest BCUT2D eigenvalue weighted by molar-refractivity contribution is 0.191. The van der Waals surface area contributed by atoms with Crippen LogP contribution in [0.25, 0.3) is 0 Å². The van der Waals surface area contributed by atoms with Crippen LogP contribution >= 0.6 is 7.92 Å². The van der Waals surface area contributed by atoms with Gasteiger partial charge in [0.25, 0.3) is 0 Å². The van der Waals surface area contributed by atoms with E-state index in [1.54, 1.807) is 23.6 Å². The number of rotatable bonds is 12. The number of aliphatic hydroxyl groups excluding tert-OH is 1. The van der Waals surface area contributed by atoms with Gasteiger partial charge in [-0.3, -0.25) is 0 Å². The zero-order valence-corrected chi connectivity index (χ0v) is 27.4. The van der Waals surface area contributed by atoms with E-state index in [9.17, 15) is 0 Å². The Labute approximate surface area is 244 Å². The van der Waals surface area contributed by atoms with E-state index in [-0.39, 0.29) is 14.0 Å². The molecule has 3 heteroatoms. The first kappa shape index (κ1) is 34.1. The molecule has 2 heterocycles. The number of unbranched alkanes of at least 4 members (excludes halogenated alkanes) is 4. The summed E-state index contributed by atoms with van der Waals surface area (Å²) in [6, 6.07) is 9.15. The average molecular weight is 556 g/mol. The number of allylic oxidation sites excluding steroid dienone is 3. The fraction of sp³-hybridized carbons (Fsp3) is 0.722. The molecular formula is C36H62NOP. The number of hydrogen-bond donors (Lipinski definition) is 2. The highest BCUT2D eigenvalue weighted by Gasteiger charge is 2.26. The second-order valence-electron chi connectivity index (χ2n) is 12.3. The molecule has 1 fully saturated rings. The smallest absolute Gasteiger partial charge is 0.0509 e. The maximum atomic E-state index is 8.36. The van der Waals surface area contributed by atoms with Crippen molar-refractivity contribution in [1.82, 2.24) is 5.32 Å². The average Bonchev–Trinajstić information content (AvgIpc) is 3.44. The molecule has 1 saturated heterocycles. The van der Waals surface area contributed by atoms with Gasteiger partial charge in [0.05, 0.1) is 6.10 Å². The third-order valence-electron chi connectivity index (χ3n) is 8.85. The SMILES string of the molecule is CCC(C)O.CCC(CC(C)CCP1CCc2ccccc2C1)C1C=C2CCNC2=CC1.CCCCCCC. The van der Waals surface area contributed by atoms with Gasteiger partial charge in [0, 0.05) is 12.2 Å². The number of nitrogens with one attached hydrogen (secondary N) is 1. The third kappa shape index (κ3) is 12.9. The molecule has 222 valence electrons. The largest absolute Gasteiger partial charge is 0.393 e. The standard InChI is InChI=1S/C25H36NP.C7H16.C4H10O/c1-3-20(22-8-9-25-23(17-22)10-13-26-25)16-19(2)11-14-27-15-12-21-6-4-5-7-24(21)18-27;1-3-5-7-6-4-2;1-3-4(2)5/h4-7,9,17,19-20,22,26H,3,8,10-16,18H2,1-2H3;3-7H2,1-2H3;4-5H,3H2,1-2H3. The molecule has 39 heavy (non-hydrogen) atoms. The molecule has 0 bridgehead atoms. The quantitative estimate of drug-likeness (QED) is 0.199. The molecule has 0 saturated carbocycles. The van der Waals surface area contributed by atoms with Crippen LogP contribution < -0.4 is 5.32 Å². The highest BCUT2D eigenvalue weighted by molar-refractivity contribution is 7.56. The van der Waals surface area contributed by atoms with Crippen LogP contribution in [0.2, 0.25) is 0 Å². The van der Waals surface area contributed by atoms with Gasteiger partial charge < -0.3 is 10.4 Å². The summed E-state index contributed by atoms with van der Waals surface area (Å²) in [5, 5.41) is 11.9. The van der Waals surface area contributed by atoms with E-state index >= 15 is 0 Å². The molecule has 0 aromatic heterocycles. The lowest BCUT2D eigenvalue weighted by Crippen LogP contribution is -2.19. The van der Waals surface area contributed by atoms with E-state index in [4.69, 9.17) is 5.11 Å². The van der Waals surface area contributed by atoms with Crippen molar-refractivity contribution in [2.45, 2.75) is 131 Å². The molecule has 4 rings (SSSR count).